The molecular weight excluding hydrogens is 380 g/mol. The maximum absolute atomic E-state index is 12.0. The molecule has 5 rings (SSSR count). The average Bonchev–Trinajstić information content (AvgIpc) is 3.20. The monoisotopic (exact) mass is 402 g/mol. The Morgan fingerprint density at radius 1 is 1.07 bits per heavy atom. The maximum Gasteiger partial charge on any atom is 0.241 e. The van der Waals surface area contributed by atoms with Crippen LogP contribution in [-0.4, -0.2) is 50.3 Å². The van der Waals surface area contributed by atoms with Gasteiger partial charge in [-0.3, -0.25) is 9.48 Å². The Hall–Kier alpha value is -3.59. The molecule has 1 amide bonds. The van der Waals surface area contributed by atoms with Crippen molar-refractivity contribution >= 4 is 45.2 Å². The molecule has 0 unspecified atom stereocenters. The first-order valence-electron chi connectivity index (χ1n) is 9.97. The minimum atomic E-state index is 0.0485. The van der Waals surface area contributed by atoms with Crippen LogP contribution in [0.25, 0.3) is 21.8 Å². The van der Waals surface area contributed by atoms with Crippen molar-refractivity contribution < 1.29 is 4.79 Å². The Bertz CT molecular complexity index is 1230. The van der Waals surface area contributed by atoms with Gasteiger partial charge in [-0.05, 0) is 26.0 Å². The molecule has 9 heteroatoms. The van der Waals surface area contributed by atoms with E-state index in [2.05, 4.69) is 39.5 Å². The number of nitrogens with zero attached hydrogens (tertiary/aromatic N) is 6. The van der Waals surface area contributed by atoms with E-state index in [0.717, 1.165) is 34.0 Å². The highest BCUT2D eigenvalue weighted by Crippen LogP contribution is 2.27. The predicted octanol–water partition coefficient (Wildman–Crippen LogP) is 2.64. The molecule has 1 aliphatic rings. The lowest BCUT2D eigenvalue weighted by atomic mass is 10.2. The molecule has 0 spiro atoms. The third-order valence-corrected chi connectivity index (χ3v) is 5.19. The zero-order chi connectivity index (χ0) is 20.7. The number of nitrogens with one attached hydrogen (secondary N) is 2. The molecule has 2 N–H and O–H groups in total. The predicted molar refractivity (Wildman–Crippen MR) is 116 cm³/mol. The van der Waals surface area contributed by atoms with Gasteiger partial charge in [0.15, 0.2) is 0 Å². The molecule has 0 atom stereocenters. The number of benzene rings is 1. The van der Waals surface area contributed by atoms with E-state index in [9.17, 15) is 4.79 Å². The van der Waals surface area contributed by atoms with Crippen molar-refractivity contribution in [3.8, 4) is 0 Å². The number of fused-ring (bicyclic) bond motifs is 3. The van der Waals surface area contributed by atoms with Crippen LogP contribution in [0.2, 0.25) is 0 Å². The number of rotatable bonds is 4. The molecule has 0 bridgehead atoms. The summed E-state index contributed by atoms with van der Waals surface area (Å²) in [4.78, 5) is 27.4. The number of anilines is 3. The number of piperazine rings is 1. The summed E-state index contributed by atoms with van der Waals surface area (Å²) in [6, 6.07) is 7.98. The van der Waals surface area contributed by atoms with Crippen molar-refractivity contribution in [1.29, 1.82) is 0 Å². The molecule has 3 aromatic heterocycles. The molecule has 9 nitrogen and oxygen atoms in total. The van der Waals surface area contributed by atoms with Crippen LogP contribution < -0.4 is 15.5 Å². The van der Waals surface area contributed by atoms with E-state index in [4.69, 9.17) is 4.98 Å². The van der Waals surface area contributed by atoms with E-state index in [-0.39, 0.29) is 11.9 Å². The van der Waals surface area contributed by atoms with Gasteiger partial charge in [-0.2, -0.15) is 5.10 Å². The van der Waals surface area contributed by atoms with Crippen LogP contribution in [0, 0.1) is 0 Å². The summed E-state index contributed by atoms with van der Waals surface area (Å²) in [5, 5.41) is 12.7. The first-order chi connectivity index (χ1) is 14.6. The van der Waals surface area contributed by atoms with Crippen molar-refractivity contribution in [2.45, 2.75) is 19.9 Å². The molecular formula is C21H22N8O. The number of amides is 1. The van der Waals surface area contributed by atoms with Gasteiger partial charge in [-0.1, -0.05) is 12.1 Å². The van der Waals surface area contributed by atoms with Gasteiger partial charge < -0.3 is 15.5 Å². The Morgan fingerprint density at radius 3 is 2.70 bits per heavy atom. The summed E-state index contributed by atoms with van der Waals surface area (Å²) >= 11 is 0. The fraction of sp³-hybridized carbons (Fsp3) is 0.286. The number of pyridine rings is 1. The molecule has 4 heterocycles. The molecule has 4 aromatic rings. The van der Waals surface area contributed by atoms with Crippen LogP contribution in [0.3, 0.4) is 0 Å². The first-order valence-corrected chi connectivity index (χ1v) is 9.97. The number of carbonyl (C=O) groups excluding carboxylic acids is 1. The lowest BCUT2D eigenvalue weighted by Gasteiger charge is -2.27. The summed E-state index contributed by atoms with van der Waals surface area (Å²) in [5.41, 5.74) is 2.63. The smallest absolute Gasteiger partial charge is 0.241 e. The van der Waals surface area contributed by atoms with Gasteiger partial charge in [-0.25, -0.2) is 15.0 Å². The van der Waals surface area contributed by atoms with Gasteiger partial charge in [0, 0.05) is 36.1 Å². The third kappa shape index (κ3) is 3.22. The molecule has 0 saturated carbocycles. The topological polar surface area (TPSA) is 101 Å². The van der Waals surface area contributed by atoms with E-state index in [1.807, 2.05) is 35.1 Å². The SMILES string of the molecule is CC(C)n1ncc2ccc3cnc(Nc4ccc(N5CCNCC5=O)cn4)nc3c21. The Kier molecular flexibility index (Phi) is 4.51. The molecule has 30 heavy (non-hydrogen) atoms. The normalized spacial score (nSPS) is 14.8. The Morgan fingerprint density at radius 2 is 1.93 bits per heavy atom. The maximum atomic E-state index is 12.0. The molecule has 1 aliphatic heterocycles. The summed E-state index contributed by atoms with van der Waals surface area (Å²) in [7, 11) is 0. The fourth-order valence-corrected chi connectivity index (χ4v) is 3.69. The second-order valence-electron chi connectivity index (χ2n) is 7.57. The van der Waals surface area contributed by atoms with E-state index in [1.165, 1.54) is 0 Å². The summed E-state index contributed by atoms with van der Waals surface area (Å²) in [6.07, 6.45) is 5.36. The standard InChI is InChI=1S/C21H22N8O/c1-13(2)29-20-15(10-25-29)4-3-14-9-24-21(27-19(14)20)26-17-6-5-16(11-23-17)28-8-7-22-12-18(28)30/h3-6,9-11,13,22H,7-8,12H2,1-2H3,(H,23,24,26,27). The lowest BCUT2D eigenvalue weighted by Crippen LogP contribution is -2.48. The van der Waals surface area contributed by atoms with Gasteiger partial charge in [0.1, 0.15) is 11.3 Å². The Labute approximate surface area is 173 Å². The van der Waals surface area contributed by atoms with Gasteiger partial charge in [0.05, 0.1) is 30.1 Å². The molecule has 1 aromatic carbocycles. The number of hydrogen-bond acceptors (Lipinski definition) is 7. The first kappa shape index (κ1) is 18.4. The van der Waals surface area contributed by atoms with E-state index >= 15 is 0 Å². The molecule has 1 fully saturated rings. The average molecular weight is 402 g/mol. The van der Waals surface area contributed by atoms with Gasteiger partial charge in [0.2, 0.25) is 11.9 Å². The van der Waals surface area contributed by atoms with Crippen molar-refractivity contribution in [2.24, 2.45) is 0 Å². The second-order valence-corrected chi connectivity index (χ2v) is 7.57. The highest BCUT2D eigenvalue weighted by atomic mass is 16.2. The van der Waals surface area contributed by atoms with Crippen LogP contribution in [0.4, 0.5) is 17.5 Å². The molecule has 0 radical (unpaired) electrons. The number of aromatic nitrogens is 5. The van der Waals surface area contributed by atoms with Gasteiger partial charge >= 0.3 is 0 Å². The largest absolute Gasteiger partial charge is 0.309 e. The Balaban J connectivity index is 1.46. The van der Waals surface area contributed by atoms with Gasteiger partial charge in [-0.15, -0.1) is 0 Å². The molecule has 0 aliphatic carbocycles. The van der Waals surface area contributed by atoms with Crippen molar-refractivity contribution in [2.75, 3.05) is 29.9 Å². The van der Waals surface area contributed by atoms with Crippen LogP contribution in [-0.2, 0) is 4.79 Å². The summed E-state index contributed by atoms with van der Waals surface area (Å²) < 4.78 is 1.98. The quantitative estimate of drug-likeness (QED) is 0.541. The summed E-state index contributed by atoms with van der Waals surface area (Å²) in [5.74, 6) is 1.13. The van der Waals surface area contributed by atoms with Gasteiger partial charge in [0.25, 0.3) is 0 Å². The zero-order valence-electron chi connectivity index (χ0n) is 16.8. The van der Waals surface area contributed by atoms with Crippen LogP contribution >= 0.6 is 0 Å². The molecule has 152 valence electrons. The second kappa shape index (κ2) is 7.34. The van der Waals surface area contributed by atoms with Crippen molar-refractivity contribution in [1.82, 2.24) is 30.0 Å². The highest BCUT2D eigenvalue weighted by Gasteiger charge is 2.19. The van der Waals surface area contributed by atoms with Crippen LogP contribution in [0.15, 0.2) is 42.9 Å². The summed E-state index contributed by atoms with van der Waals surface area (Å²) in [6.45, 7) is 5.96. The number of carbonyl (C=O) groups is 1. The fourth-order valence-electron chi connectivity index (χ4n) is 3.69. The lowest BCUT2D eigenvalue weighted by molar-refractivity contribution is -0.118. The van der Waals surface area contributed by atoms with Crippen LogP contribution in [0.1, 0.15) is 19.9 Å². The zero-order valence-corrected chi connectivity index (χ0v) is 16.8. The third-order valence-electron chi connectivity index (χ3n) is 5.19. The highest BCUT2D eigenvalue weighted by molar-refractivity contribution is 6.03. The van der Waals surface area contributed by atoms with E-state index in [0.29, 0.717) is 24.9 Å². The van der Waals surface area contributed by atoms with E-state index in [1.54, 1.807) is 17.3 Å². The minimum Gasteiger partial charge on any atom is -0.309 e. The molecule has 1 saturated heterocycles. The van der Waals surface area contributed by atoms with E-state index < -0.39 is 0 Å². The van der Waals surface area contributed by atoms with Crippen molar-refractivity contribution in [3.63, 3.8) is 0 Å². The number of hydrogen-bond donors (Lipinski definition) is 2. The minimum absolute atomic E-state index is 0.0485. The van der Waals surface area contributed by atoms with Crippen LogP contribution in [0.5, 0.6) is 0 Å². The van der Waals surface area contributed by atoms with Crippen molar-refractivity contribution in [3.05, 3.63) is 42.9 Å².